The van der Waals surface area contributed by atoms with Gasteiger partial charge < -0.3 is 9.84 Å². The highest BCUT2D eigenvalue weighted by atomic mass is 35.5. The largest absolute Gasteiger partial charge is 0.496 e. The maximum Gasteiger partial charge on any atom is 0.124 e. The minimum atomic E-state index is -0.634. The molecule has 2 atom stereocenters. The van der Waals surface area contributed by atoms with Crippen molar-refractivity contribution >= 4 is 11.6 Å². The molecule has 16 heavy (non-hydrogen) atoms. The Morgan fingerprint density at radius 1 is 1.25 bits per heavy atom. The molecule has 0 amide bonds. The van der Waals surface area contributed by atoms with Crippen molar-refractivity contribution in [2.45, 2.75) is 39.2 Å². The van der Waals surface area contributed by atoms with E-state index in [0.29, 0.717) is 0 Å². The van der Waals surface area contributed by atoms with Gasteiger partial charge in [0.05, 0.1) is 18.6 Å². The number of aryl methyl sites for hydroxylation is 1. The fourth-order valence-electron chi connectivity index (χ4n) is 1.96. The Bertz CT molecular complexity index is 386. The molecule has 0 spiro atoms. The molecule has 3 heteroatoms. The fraction of sp³-hybridized carbons (Fsp3) is 0.538. The van der Waals surface area contributed by atoms with Crippen LogP contribution in [0.15, 0.2) is 6.07 Å². The maximum atomic E-state index is 10.0. The molecule has 0 bridgehead atoms. The second-order valence-corrected chi connectivity index (χ2v) is 4.88. The molecule has 2 nitrogen and oxygen atoms in total. The fourth-order valence-corrected chi connectivity index (χ4v) is 2.09. The second-order valence-electron chi connectivity index (χ2n) is 4.19. The van der Waals surface area contributed by atoms with Gasteiger partial charge in [0.25, 0.3) is 0 Å². The first-order valence-electron chi connectivity index (χ1n) is 5.37. The molecule has 0 aliphatic carbocycles. The molecule has 0 saturated carbocycles. The van der Waals surface area contributed by atoms with Gasteiger partial charge in [-0.05, 0) is 56.0 Å². The molecule has 0 aromatic heterocycles. The molecule has 0 radical (unpaired) electrons. The van der Waals surface area contributed by atoms with Crippen LogP contribution in [0.3, 0.4) is 0 Å². The normalized spacial score (nSPS) is 14.7. The lowest BCUT2D eigenvalue weighted by Crippen LogP contribution is -2.11. The zero-order valence-corrected chi connectivity index (χ0v) is 11.2. The Kier molecular flexibility index (Phi) is 4.22. The Morgan fingerprint density at radius 3 is 2.25 bits per heavy atom. The first-order chi connectivity index (χ1) is 7.40. The summed E-state index contributed by atoms with van der Waals surface area (Å²) in [7, 11) is 1.66. The first-order valence-corrected chi connectivity index (χ1v) is 5.80. The van der Waals surface area contributed by atoms with E-state index in [9.17, 15) is 5.11 Å². The van der Waals surface area contributed by atoms with Crippen molar-refractivity contribution in [3.63, 3.8) is 0 Å². The van der Waals surface area contributed by atoms with Crippen molar-refractivity contribution in [1.82, 2.24) is 0 Å². The summed E-state index contributed by atoms with van der Waals surface area (Å²) in [5, 5.41) is 9.72. The summed E-state index contributed by atoms with van der Waals surface area (Å²) in [6.07, 6.45) is -0.634. The lowest BCUT2D eigenvalue weighted by Gasteiger charge is -2.20. The van der Waals surface area contributed by atoms with E-state index < -0.39 is 6.10 Å². The Morgan fingerprint density at radius 2 is 1.81 bits per heavy atom. The minimum Gasteiger partial charge on any atom is -0.496 e. The van der Waals surface area contributed by atoms with E-state index >= 15 is 0 Å². The number of ether oxygens (including phenoxy) is 1. The van der Waals surface area contributed by atoms with E-state index in [1.165, 1.54) is 0 Å². The highest BCUT2D eigenvalue weighted by molar-refractivity contribution is 6.20. The van der Waals surface area contributed by atoms with E-state index in [4.69, 9.17) is 16.3 Å². The van der Waals surface area contributed by atoms with Crippen LogP contribution < -0.4 is 4.74 Å². The third-order valence-corrected chi connectivity index (χ3v) is 3.26. The van der Waals surface area contributed by atoms with Gasteiger partial charge in [-0.3, -0.25) is 0 Å². The number of hydrogen-bond donors (Lipinski definition) is 1. The van der Waals surface area contributed by atoms with Gasteiger partial charge >= 0.3 is 0 Å². The zero-order valence-electron chi connectivity index (χ0n) is 10.5. The quantitative estimate of drug-likeness (QED) is 0.825. The number of alkyl halides is 1. The molecule has 1 rings (SSSR count). The highest BCUT2D eigenvalue weighted by Crippen LogP contribution is 2.33. The number of aliphatic hydroxyl groups is 1. The zero-order chi connectivity index (χ0) is 12.5. The third kappa shape index (κ3) is 2.33. The van der Waals surface area contributed by atoms with Crippen LogP contribution in [-0.2, 0) is 0 Å². The van der Waals surface area contributed by atoms with E-state index in [1.54, 1.807) is 14.0 Å². The third-order valence-electron chi connectivity index (χ3n) is 3.02. The van der Waals surface area contributed by atoms with Crippen molar-refractivity contribution in [1.29, 1.82) is 0 Å². The maximum absolute atomic E-state index is 10.0. The predicted octanol–water partition coefficient (Wildman–Crippen LogP) is 3.28. The molecule has 1 aromatic rings. The molecule has 0 fully saturated rings. The van der Waals surface area contributed by atoms with Crippen molar-refractivity contribution < 1.29 is 9.84 Å². The molecule has 1 N–H and O–H groups in total. The van der Waals surface area contributed by atoms with E-state index in [0.717, 1.165) is 28.0 Å². The lowest BCUT2D eigenvalue weighted by atomic mass is 9.94. The average molecular weight is 243 g/mol. The first kappa shape index (κ1) is 13.3. The summed E-state index contributed by atoms with van der Waals surface area (Å²) in [5.41, 5.74) is 4.02. The van der Waals surface area contributed by atoms with Gasteiger partial charge in [0.15, 0.2) is 0 Å². The molecule has 2 unspecified atom stereocenters. The Hall–Kier alpha value is -0.730. The Labute approximate surface area is 102 Å². The summed E-state index contributed by atoms with van der Waals surface area (Å²) >= 11 is 5.93. The van der Waals surface area contributed by atoms with E-state index in [1.807, 2.05) is 26.8 Å². The van der Waals surface area contributed by atoms with Crippen molar-refractivity contribution in [3.8, 4) is 5.75 Å². The van der Waals surface area contributed by atoms with Gasteiger partial charge in [0.2, 0.25) is 0 Å². The molecular weight excluding hydrogens is 224 g/mol. The summed E-state index contributed by atoms with van der Waals surface area (Å²) in [6, 6.07) is 1.95. The van der Waals surface area contributed by atoms with E-state index in [2.05, 4.69) is 0 Å². The van der Waals surface area contributed by atoms with Crippen molar-refractivity contribution in [2.24, 2.45) is 0 Å². The van der Waals surface area contributed by atoms with Gasteiger partial charge in [0, 0.05) is 0 Å². The Balaban J connectivity index is 3.34. The number of hydrogen-bond acceptors (Lipinski definition) is 2. The summed E-state index contributed by atoms with van der Waals surface area (Å²) in [6.45, 7) is 7.74. The van der Waals surface area contributed by atoms with Gasteiger partial charge in [0.1, 0.15) is 5.75 Å². The summed E-state index contributed by atoms with van der Waals surface area (Å²) < 4.78 is 5.34. The summed E-state index contributed by atoms with van der Waals surface area (Å²) in [4.78, 5) is 0. The minimum absolute atomic E-state index is 0.300. The smallest absolute Gasteiger partial charge is 0.124 e. The lowest BCUT2D eigenvalue weighted by molar-refractivity contribution is 0.176. The number of methoxy groups -OCH3 is 1. The second kappa shape index (κ2) is 5.07. The topological polar surface area (TPSA) is 29.5 Å². The monoisotopic (exact) mass is 242 g/mol. The van der Waals surface area contributed by atoms with Crippen LogP contribution in [0.2, 0.25) is 0 Å². The number of rotatable bonds is 3. The standard InChI is InChI=1S/C13H19ClO2/c1-7-6-11(12(15)10(4)14)8(2)9(3)13(7)16-5/h6,10,12,15H,1-5H3. The van der Waals surface area contributed by atoms with Crippen LogP contribution >= 0.6 is 11.6 Å². The molecule has 90 valence electrons. The molecular formula is C13H19ClO2. The van der Waals surface area contributed by atoms with Gasteiger partial charge in [-0.1, -0.05) is 0 Å². The van der Waals surface area contributed by atoms with Gasteiger partial charge in [-0.2, -0.15) is 0 Å². The molecule has 0 heterocycles. The SMILES string of the molecule is COc1c(C)cc(C(O)C(C)Cl)c(C)c1C. The molecule has 1 aromatic carbocycles. The van der Waals surface area contributed by atoms with Crippen LogP contribution in [0, 0.1) is 20.8 Å². The summed E-state index contributed by atoms with van der Waals surface area (Å²) in [5.74, 6) is 0.885. The number of halogens is 1. The molecule has 0 aliphatic heterocycles. The van der Waals surface area contributed by atoms with Crippen molar-refractivity contribution in [2.75, 3.05) is 7.11 Å². The molecule has 0 saturated heterocycles. The van der Waals surface area contributed by atoms with Crippen LogP contribution in [0.1, 0.15) is 35.3 Å². The molecule has 0 aliphatic rings. The highest BCUT2D eigenvalue weighted by Gasteiger charge is 2.19. The van der Waals surface area contributed by atoms with Gasteiger partial charge in [-0.15, -0.1) is 11.6 Å². The van der Waals surface area contributed by atoms with Crippen LogP contribution in [-0.4, -0.2) is 17.6 Å². The van der Waals surface area contributed by atoms with Crippen LogP contribution in [0.5, 0.6) is 5.75 Å². The van der Waals surface area contributed by atoms with Crippen molar-refractivity contribution in [3.05, 3.63) is 28.3 Å². The number of aliphatic hydroxyl groups excluding tert-OH is 1. The number of benzene rings is 1. The van der Waals surface area contributed by atoms with Crippen LogP contribution in [0.25, 0.3) is 0 Å². The average Bonchev–Trinajstić information content (AvgIpc) is 2.23. The van der Waals surface area contributed by atoms with E-state index in [-0.39, 0.29) is 5.38 Å². The predicted molar refractivity (Wildman–Crippen MR) is 67.5 cm³/mol. The van der Waals surface area contributed by atoms with Gasteiger partial charge in [-0.25, -0.2) is 0 Å². The van der Waals surface area contributed by atoms with Crippen LogP contribution in [0.4, 0.5) is 0 Å².